The molecule has 106 valence electrons. The van der Waals surface area contributed by atoms with Crippen LogP contribution in [-0.4, -0.2) is 29.7 Å². The lowest BCUT2D eigenvalue weighted by molar-refractivity contribution is -0.143. The van der Waals surface area contributed by atoms with Crippen LogP contribution in [0.15, 0.2) is 23.8 Å². The van der Waals surface area contributed by atoms with E-state index in [2.05, 4.69) is 0 Å². The summed E-state index contributed by atoms with van der Waals surface area (Å²) in [6.07, 6.45) is 9.84. The normalized spacial score (nSPS) is 15.1. The van der Waals surface area contributed by atoms with Crippen molar-refractivity contribution in [3.63, 3.8) is 0 Å². The number of rotatable bonds is 9. The Morgan fingerprint density at radius 3 is 2.79 bits per heavy atom. The highest BCUT2D eigenvalue weighted by molar-refractivity contribution is 5.73. The molecule has 0 bridgehead atoms. The van der Waals surface area contributed by atoms with Crippen LogP contribution < -0.4 is 5.73 Å². The highest BCUT2D eigenvalue weighted by atomic mass is 16.5. The highest BCUT2D eigenvalue weighted by Crippen LogP contribution is 2.11. The Morgan fingerprint density at radius 2 is 2.16 bits per heavy atom. The van der Waals surface area contributed by atoms with Crippen LogP contribution in [0.25, 0.3) is 0 Å². The number of carbonyl (C=O) groups is 2. The summed E-state index contributed by atoms with van der Waals surface area (Å²) in [5, 5.41) is 8.59. The van der Waals surface area contributed by atoms with Crippen LogP contribution in [0, 0.1) is 0 Å². The molecular weight excluding hydrogens is 246 g/mol. The minimum absolute atomic E-state index is 0.199. The Balaban J connectivity index is 1.97. The molecule has 0 saturated heterocycles. The maximum atomic E-state index is 11.4. The fourth-order valence-corrected chi connectivity index (χ4v) is 1.78. The lowest BCUT2D eigenvalue weighted by atomic mass is 10.1. The topological polar surface area (TPSA) is 89.6 Å². The second-order valence-electron chi connectivity index (χ2n) is 4.66. The summed E-state index contributed by atoms with van der Waals surface area (Å²) in [5.74, 6) is -1.17. The van der Waals surface area contributed by atoms with Crippen molar-refractivity contribution < 1.29 is 19.4 Å². The van der Waals surface area contributed by atoms with Crippen LogP contribution in [0.4, 0.5) is 0 Å². The van der Waals surface area contributed by atoms with E-state index in [0.717, 1.165) is 24.8 Å². The summed E-state index contributed by atoms with van der Waals surface area (Å²) in [7, 11) is 0. The monoisotopic (exact) mass is 267 g/mol. The van der Waals surface area contributed by atoms with Crippen molar-refractivity contribution in [2.75, 3.05) is 6.61 Å². The molecule has 0 heterocycles. The Hall–Kier alpha value is -1.62. The minimum Gasteiger partial charge on any atom is -0.480 e. The number of hydrogen-bond donors (Lipinski definition) is 2. The molecule has 0 amide bonds. The average molecular weight is 267 g/mol. The SMILES string of the molecule is N[C@@H](CCCCCC(=O)OCC1=CC=CC1)C(=O)O. The Bertz CT molecular complexity index is 374. The average Bonchev–Trinajstić information content (AvgIpc) is 2.88. The molecular formula is C14H21NO4. The van der Waals surface area contributed by atoms with Gasteiger partial charge in [0.2, 0.25) is 0 Å². The Labute approximate surface area is 113 Å². The van der Waals surface area contributed by atoms with Gasteiger partial charge in [0.15, 0.2) is 0 Å². The van der Waals surface area contributed by atoms with Crippen LogP contribution in [0.3, 0.4) is 0 Å². The number of nitrogens with two attached hydrogens (primary N) is 1. The van der Waals surface area contributed by atoms with Gasteiger partial charge in [-0.3, -0.25) is 9.59 Å². The van der Waals surface area contributed by atoms with Gasteiger partial charge in [-0.05, 0) is 24.8 Å². The zero-order valence-electron chi connectivity index (χ0n) is 11.0. The van der Waals surface area contributed by atoms with Gasteiger partial charge in [0.25, 0.3) is 0 Å². The van der Waals surface area contributed by atoms with Crippen LogP contribution in [-0.2, 0) is 14.3 Å². The van der Waals surface area contributed by atoms with Crippen LogP contribution in [0.2, 0.25) is 0 Å². The van der Waals surface area contributed by atoms with Gasteiger partial charge in [-0.15, -0.1) is 0 Å². The molecule has 0 unspecified atom stereocenters. The summed E-state index contributed by atoms with van der Waals surface area (Å²) in [6.45, 7) is 0.371. The molecule has 0 fully saturated rings. The van der Waals surface area contributed by atoms with Crippen LogP contribution in [0.1, 0.15) is 38.5 Å². The Morgan fingerprint density at radius 1 is 1.37 bits per heavy atom. The zero-order valence-corrected chi connectivity index (χ0v) is 11.0. The number of carboxylic acid groups (broad SMARTS) is 1. The largest absolute Gasteiger partial charge is 0.480 e. The summed E-state index contributed by atoms with van der Waals surface area (Å²) >= 11 is 0. The molecule has 1 aliphatic carbocycles. The lowest BCUT2D eigenvalue weighted by Crippen LogP contribution is -2.29. The van der Waals surface area contributed by atoms with Gasteiger partial charge in [-0.2, -0.15) is 0 Å². The molecule has 0 spiro atoms. The van der Waals surface area contributed by atoms with Gasteiger partial charge >= 0.3 is 11.9 Å². The second kappa shape index (κ2) is 8.48. The molecule has 3 N–H and O–H groups in total. The van der Waals surface area contributed by atoms with Gasteiger partial charge in [0.05, 0.1) is 0 Å². The third-order valence-electron chi connectivity index (χ3n) is 2.98. The fraction of sp³-hybridized carbons (Fsp3) is 0.571. The summed E-state index contributed by atoms with van der Waals surface area (Å²) in [5.41, 5.74) is 6.48. The maximum Gasteiger partial charge on any atom is 0.320 e. The van der Waals surface area contributed by atoms with E-state index in [1.807, 2.05) is 18.2 Å². The number of aliphatic carboxylic acids is 1. The van der Waals surface area contributed by atoms with Crippen molar-refractivity contribution in [1.29, 1.82) is 0 Å². The van der Waals surface area contributed by atoms with Crippen molar-refractivity contribution >= 4 is 11.9 Å². The van der Waals surface area contributed by atoms with E-state index >= 15 is 0 Å². The van der Waals surface area contributed by atoms with Crippen LogP contribution >= 0.6 is 0 Å². The second-order valence-corrected chi connectivity index (χ2v) is 4.66. The van der Waals surface area contributed by atoms with Crippen molar-refractivity contribution in [3.05, 3.63) is 23.8 Å². The van der Waals surface area contributed by atoms with Gasteiger partial charge in [-0.25, -0.2) is 0 Å². The first-order valence-electron chi connectivity index (χ1n) is 6.58. The number of carbonyl (C=O) groups excluding carboxylic acids is 1. The molecule has 0 aromatic heterocycles. The van der Waals surface area contributed by atoms with Gasteiger partial charge in [0, 0.05) is 6.42 Å². The van der Waals surface area contributed by atoms with Crippen molar-refractivity contribution in [3.8, 4) is 0 Å². The molecule has 19 heavy (non-hydrogen) atoms. The summed E-state index contributed by atoms with van der Waals surface area (Å²) < 4.78 is 5.13. The quantitative estimate of drug-likeness (QED) is 0.491. The van der Waals surface area contributed by atoms with Gasteiger partial charge in [-0.1, -0.05) is 31.1 Å². The van der Waals surface area contributed by atoms with Gasteiger partial charge in [0.1, 0.15) is 12.6 Å². The smallest absolute Gasteiger partial charge is 0.320 e. The third kappa shape index (κ3) is 6.76. The number of allylic oxidation sites excluding steroid dienone is 3. The van der Waals surface area contributed by atoms with E-state index < -0.39 is 12.0 Å². The summed E-state index contributed by atoms with van der Waals surface area (Å²) in [4.78, 5) is 21.9. The third-order valence-corrected chi connectivity index (χ3v) is 2.98. The highest BCUT2D eigenvalue weighted by Gasteiger charge is 2.10. The van der Waals surface area contributed by atoms with Crippen LogP contribution in [0.5, 0.6) is 0 Å². The number of hydrogen-bond acceptors (Lipinski definition) is 4. The molecule has 5 nitrogen and oxygen atoms in total. The molecule has 0 saturated carbocycles. The summed E-state index contributed by atoms with van der Waals surface area (Å²) in [6, 6.07) is -0.797. The predicted molar refractivity (Wildman–Crippen MR) is 71.5 cm³/mol. The maximum absolute atomic E-state index is 11.4. The van der Waals surface area contributed by atoms with Gasteiger partial charge < -0.3 is 15.6 Å². The lowest BCUT2D eigenvalue weighted by Gasteiger charge is -2.07. The first-order chi connectivity index (χ1) is 9.09. The molecule has 1 aliphatic rings. The first-order valence-corrected chi connectivity index (χ1v) is 6.58. The van der Waals surface area contributed by atoms with Crippen molar-refractivity contribution in [1.82, 2.24) is 0 Å². The molecule has 5 heteroatoms. The predicted octanol–water partition coefficient (Wildman–Crippen LogP) is 1.78. The Kier molecular flexibility index (Phi) is 6.89. The standard InChI is InChI=1S/C14H21NO4/c15-12(14(17)18)8-2-1-3-9-13(16)19-10-11-6-4-5-7-11/h4-6,12H,1-3,7-10,15H2,(H,17,18)/t12-/m0/s1. The zero-order chi connectivity index (χ0) is 14.1. The molecule has 0 aromatic carbocycles. The van der Waals surface area contributed by atoms with E-state index in [1.165, 1.54) is 0 Å². The number of carboxylic acids is 1. The first kappa shape index (κ1) is 15.4. The number of esters is 1. The van der Waals surface area contributed by atoms with Crippen molar-refractivity contribution in [2.24, 2.45) is 5.73 Å². The van der Waals surface area contributed by atoms with E-state index in [0.29, 0.717) is 25.9 Å². The fourth-order valence-electron chi connectivity index (χ4n) is 1.78. The molecule has 0 aromatic rings. The molecule has 1 atom stereocenters. The number of ether oxygens (including phenoxy) is 1. The molecule has 0 aliphatic heterocycles. The minimum atomic E-state index is -0.974. The van der Waals surface area contributed by atoms with Crippen molar-refractivity contribution in [2.45, 2.75) is 44.6 Å². The van der Waals surface area contributed by atoms with E-state index in [4.69, 9.17) is 15.6 Å². The van der Waals surface area contributed by atoms with E-state index in [-0.39, 0.29) is 5.97 Å². The molecule has 0 radical (unpaired) electrons. The number of unbranched alkanes of at least 4 members (excludes halogenated alkanes) is 2. The van der Waals surface area contributed by atoms with E-state index in [9.17, 15) is 9.59 Å². The molecule has 1 rings (SSSR count). The van der Waals surface area contributed by atoms with E-state index in [1.54, 1.807) is 0 Å².